The number of phenolic OH excluding ortho intramolecular Hbond substituents is 2. The summed E-state index contributed by atoms with van der Waals surface area (Å²) in [7, 11) is 0. The summed E-state index contributed by atoms with van der Waals surface area (Å²) in [5.41, 5.74) is -1.32. The molecule has 0 atom stereocenters. The fourth-order valence-corrected chi connectivity index (χ4v) is 2.06. The van der Waals surface area contributed by atoms with Gasteiger partial charge in [0.15, 0.2) is 0 Å². The number of rotatable bonds is 0. The largest absolute Gasteiger partial charge is 0.508 e. The summed E-state index contributed by atoms with van der Waals surface area (Å²) in [5.74, 6) is -0.158. The predicted molar refractivity (Wildman–Crippen MR) is 79.5 cm³/mol. The highest BCUT2D eigenvalue weighted by Gasteiger charge is 2.04. The Kier molecular flexibility index (Phi) is 3.27. The number of aromatic hydroxyl groups is 2. The topological polar surface area (TPSA) is 101 Å². The molecule has 2 aromatic carbocycles. The first kappa shape index (κ1) is 13.7. The van der Waals surface area contributed by atoms with Crippen molar-refractivity contribution in [1.82, 2.24) is 0 Å². The lowest BCUT2D eigenvalue weighted by Crippen LogP contribution is -1.98. The van der Waals surface area contributed by atoms with Crippen LogP contribution in [-0.4, -0.2) is 10.2 Å². The van der Waals surface area contributed by atoms with E-state index >= 15 is 0 Å². The van der Waals surface area contributed by atoms with Gasteiger partial charge in [-0.1, -0.05) is 0 Å². The van der Waals surface area contributed by atoms with E-state index in [0.717, 1.165) is 12.1 Å². The van der Waals surface area contributed by atoms with E-state index in [9.17, 15) is 19.8 Å². The smallest absolute Gasteiger partial charge is 0.336 e. The number of benzene rings is 2. The summed E-state index contributed by atoms with van der Waals surface area (Å²) in [6.45, 7) is 0. The van der Waals surface area contributed by atoms with Crippen LogP contribution < -0.4 is 11.3 Å². The van der Waals surface area contributed by atoms with Crippen LogP contribution in [0.4, 0.5) is 0 Å². The van der Waals surface area contributed by atoms with Crippen molar-refractivity contribution in [2.24, 2.45) is 0 Å². The standard InChI is InChI=1S/C16H10O6/c17-9-1-3-11-12-4-2-10(18)8-14(12)22-16(20)6-5-15(19)21-13(11)7-9/h1-8,17-18H. The zero-order valence-corrected chi connectivity index (χ0v) is 11.1. The minimum atomic E-state index is -0.772. The van der Waals surface area contributed by atoms with Gasteiger partial charge in [-0.15, -0.1) is 0 Å². The molecule has 110 valence electrons. The van der Waals surface area contributed by atoms with Crippen LogP contribution >= 0.6 is 0 Å². The van der Waals surface area contributed by atoms with Crippen LogP contribution in [0.15, 0.2) is 67.0 Å². The molecule has 0 saturated carbocycles. The Labute approximate surface area is 122 Å². The SMILES string of the molecule is O=c1ccc(=O)oc2cc(O)ccc2c2ccc(O)cc2o1. The number of phenols is 2. The van der Waals surface area contributed by atoms with E-state index in [1.54, 1.807) is 0 Å². The summed E-state index contributed by atoms with van der Waals surface area (Å²) in [6, 6.07) is 10.3. The summed E-state index contributed by atoms with van der Waals surface area (Å²) in [6.07, 6.45) is 0. The molecular weight excluding hydrogens is 288 g/mol. The molecule has 0 spiro atoms. The van der Waals surface area contributed by atoms with Gasteiger partial charge in [0.05, 0.1) is 0 Å². The molecule has 1 heterocycles. The van der Waals surface area contributed by atoms with Crippen molar-refractivity contribution in [3.8, 4) is 11.5 Å². The maximum atomic E-state index is 11.6. The molecule has 2 N–H and O–H groups in total. The van der Waals surface area contributed by atoms with Gasteiger partial charge >= 0.3 is 11.3 Å². The molecule has 1 aromatic heterocycles. The second-order valence-electron chi connectivity index (χ2n) is 4.54. The fraction of sp³-hybridized carbons (Fsp3) is 0. The second-order valence-corrected chi connectivity index (χ2v) is 4.54. The molecule has 0 aliphatic rings. The lowest BCUT2D eigenvalue weighted by molar-refractivity contribution is 0.472. The van der Waals surface area contributed by atoms with Crippen LogP contribution in [0.3, 0.4) is 0 Å². The van der Waals surface area contributed by atoms with Gasteiger partial charge in [-0.2, -0.15) is 0 Å². The molecule has 0 amide bonds. The lowest BCUT2D eigenvalue weighted by Gasteiger charge is -2.00. The fourth-order valence-electron chi connectivity index (χ4n) is 2.06. The van der Waals surface area contributed by atoms with Crippen LogP contribution in [0.2, 0.25) is 0 Å². The van der Waals surface area contributed by atoms with Crippen molar-refractivity contribution in [3.63, 3.8) is 0 Å². The minimum absolute atomic E-state index is 0.0788. The van der Waals surface area contributed by atoms with Crippen molar-refractivity contribution in [3.05, 3.63) is 69.4 Å². The van der Waals surface area contributed by atoms with Crippen LogP contribution in [0, 0.1) is 0 Å². The summed E-state index contributed by atoms with van der Waals surface area (Å²) < 4.78 is 10.3. The van der Waals surface area contributed by atoms with E-state index in [0.29, 0.717) is 10.8 Å². The molecule has 0 bridgehead atoms. The van der Waals surface area contributed by atoms with E-state index in [-0.39, 0.29) is 22.7 Å². The normalized spacial score (nSPS) is 10.5. The molecule has 0 aliphatic carbocycles. The Morgan fingerprint density at radius 1 is 0.636 bits per heavy atom. The first-order chi connectivity index (χ1) is 10.5. The quantitative estimate of drug-likeness (QED) is 0.661. The molecule has 6 nitrogen and oxygen atoms in total. The highest BCUT2D eigenvalue weighted by Crippen LogP contribution is 2.26. The van der Waals surface area contributed by atoms with Gasteiger partial charge in [0, 0.05) is 35.0 Å². The van der Waals surface area contributed by atoms with E-state index in [1.165, 1.54) is 36.4 Å². The predicted octanol–water partition coefficient (Wildman–Crippen LogP) is 2.44. The zero-order chi connectivity index (χ0) is 15.7. The number of hydrogen-bond acceptors (Lipinski definition) is 6. The van der Waals surface area contributed by atoms with Crippen LogP contribution in [-0.2, 0) is 0 Å². The average Bonchev–Trinajstić information content (AvgIpc) is 2.46. The van der Waals surface area contributed by atoms with Crippen molar-refractivity contribution in [2.45, 2.75) is 0 Å². The van der Waals surface area contributed by atoms with E-state index in [4.69, 9.17) is 8.83 Å². The maximum absolute atomic E-state index is 11.6. The van der Waals surface area contributed by atoms with Gasteiger partial charge in [0.2, 0.25) is 0 Å². The van der Waals surface area contributed by atoms with Crippen molar-refractivity contribution in [1.29, 1.82) is 0 Å². The molecule has 0 fully saturated rings. The minimum Gasteiger partial charge on any atom is -0.508 e. The Morgan fingerprint density at radius 3 is 1.45 bits per heavy atom. The Hall–Kier alpha value is -3.28. The Morgan fingerprint density at radius 2 is 1.05 bits per heavy atom. The molecule has 22 heavy (non-hydrogen) atoms. The maximum Gasteiger partial charge on any atom is 0.336 e. The van der Waals surface area contributed by atoms with Gasteiger partial charge in [-0.3, -0.25) is 0 Å². The number of hydrogen-bond donors (Lipinski definition) is 2. The van der Waals surface area contributed by atoms with Crippen LogP contribution in [0.25, 0.3) is 21.9 Å². The third-order valence-corrected chi connectivity index (χ3v) is 3.00. The zero-order valence-electron chi connectivity index (χ0n) is 11.1. The molecule has 0 radical (unpaired) electrons. The molecule has 6 heteroatoms. The molecule has 0 aliphatic heterocycles. The average molecular weight is 298 g/mol. The third kappa shape index (κ3) is 2.62. The van der Waals surface area contributed by atoms with Gasteiger partial charge < -0.3 is 19.0 Å². The highest BCUT2D eigenvalue weighted by atomic mass is 16.4. The lowest BCUT2D eigenvalue weighted by atomic mass is 10.1. The second kappa shape index (κ2) is 5.25. The summed E-state index contributed by atoms with van der Waals surface area (Å²) in [4.78, 5) is 23.3. The molecule has 0 unspecified atom stereocenters. The molecule has 3 aromatic rings. The summed E-state index contributed by atoms with van der Waals surface area (Å²) >= 11 is 0. The monoisotopic (exact) mass is 298 g/mol. The van der Waals surface area contributed by atoms with Gasteiger partial charge in [-0.05, 0) is 24.3 Å². The van der Waals surface area contributed by atoms with Crippen LogP contribution in [0.5, 0.6) is 11.5 Å². The third-order valence-electron chi connectivity index (χ3n) is 3.00. The van der Waals surface area contributed by atoms with Crippen molar-refractivity contribution >= 4 is 21.9 Å². The van der Waals surface area contributed by atoms with Crippen molar-refractivity contribution < 1.29 is 19.0 Å². The van der Waals surface area contributed by atoms with Crippen LogP contribution in [0.1, 0.15) is 0 Å². The molecule has 3 rings (SSSR count). The molecular formula is C16H10O6. The van der Waals surface area contributed by atoms with E-state index < -0.39 is 11.3 Å². The van der Waals surface area contributed by atoms with Gasteiger partial charge in [-0.25, -0.2) is 9.59 Å². The van der Waals surface area contributed by atoms with Crippen molar-refractivity contribution in [2.75, 3.05) is 0 Å². The Bertz CT molecular complexity index is 958. The van der Waals surface area contributed by atoms with Gasteiger partial charge in [0.25, 0.3) is 0 Å². The molecule has 0 saturated heterocycles. The summed E-state index contributed by atoms with van der Waals surface area (Å²) in [5, 5.41) is 20.0. The van der Waals surface area contributed by atoms with E-state index in [2.05, 4.69) is 0 Å². The Balaban J connectivity index is 2.68. The number of fused-ring (bicyclic) bond motifs is 3. The first-order valence-electron chi connectivity index (χ1n) is 6.31. The van der Waals surface area contributed by atoms with Gasteiger partial charge in [0.1, 0.15) is 22.7 Å². The van der Waals surface area contributed by atoms with E-state index in [1.807, 2.05) is 0 Å². The first-order valence-corrected chi connectivity index (χ1v) is 6.31. The highest BCUT2D eigenvalue weighted by molar-refractivity contribution is 6.02.